The van der Waals surface area contributed by atoms with Crippen molar-refractivity contribution in [1.82, 2.24) is 73.7 Å². The molecular weight excluding hydrogens is 1550 g/mol. The van der Waals surface area contributed by atoms with E-state index in [2.05, 4.69) is 72.0 Å². The quantitative estimate of drug-likeness (QED) is 0.0221. The number of para-hydroxylation sites is 1. The zero-order chi connectivity index (χ0) is 88.2. The number of benzene rings is 1. The number of fused-ring (bicyclic) bond motifs is 1. The lowest BCUT2D eigenvalue weighted by molar-refractivity contribution is -0.159. The number of nitrogens with zero attached hydrogens (tertiary/aromatic N) is 1. The number of carbonyl (C=O) groups excluding carboxylic acids is 16. The molecule has 3 rings (SSSR count). The number of amides is 15. The first-order valence-corrected chi connectivity index (χ1v) is 37.9. The Labute approximate surface area is 672 Å². The smallest absolute Gasteiger partial charge is 0.335 e. The Bertz CT molecular complexity index is 3890. The minimum absolute atomic E-state index is 0.00430. The van der Waals surface area contributed by atoms with Crippen molar-refractivity contribution in [2.75, 3.05) is 33.8 Å². The van der Waals surface area contributed by atoms with Crippen LogP contribution in [0.25, 0.3) is 10.9 Å². The topological polar surface area (TPSA) is 702 Å². The molecule has 117 heavy (non-hydrogen) atoms. The Morgan fingerprint density at radius 2 is 1.23 bits per heavy atom. The van der Waals surface area contributed by atoms with Gasteiger partial charge in [-0.25, -0.2) is 9.59 Å². The maximum Gasteiger partial charge on any atom is 0.335 e. The van der Waals surface area contributed by atoms with Gasteiger partial charge in [0, 0.05) is 50.5 Å². The molecule has 1 aliphatic heterocycles. The molecule has 0 spiro atoms. The Morgan fingerprint density at radius 3 is 1.83 bits per heavy atom. The van der Waals surface area contributed by atoms with Gasteiger partial charge in [0.05, 0.1) is 32.4 Å². The number of aliphatic hydroxyl groups is 1. The summed E-state index contributed by atoms with van der Waals surface area (Å²) in [5, 5.41) is 78.4. The van der Waals surface area contributed by atoms with Crippen LogP contribution in [0, 0.1) is 17.8 Å². The summed E-state index contributed by atoms with van der Waals surface area (Å²) in [6.45, 7) is 7.74. The number of hydrogen-bond donors (Lipinski definition) is 21. The molecule has 1 aliphatic rings. The van der Waals surface area contributed by atoms with Crippen molar-refractivity contribution in [2.45, 2.75) is 236 Å². The van der Waals surface area contributed by atoms with Crippen LogP contribution >= 0.6 is 0 Å². The molecule has 15 amide bonds. The molecular formula is C73H111N17O27. The lowest BCUT2D eigenvalue weighted by atomic mass is 9.94. The molecule has 0 radical (unpaired) electrons. The van der Waals surface area contributed by atoms with Gasteiger partial charge < -0.3 is 126 Å². The molecule has 0 saturated carbocycles. The number of cyclic esters (lactones) is 1. The number of nitrogens with two attached hydrogens (primary N) is 3. The number of methoxy groups -OCH3 is 1. The number of aromatic amines is 1. The Kier molecular flexibility index (Phi) is 41.6. The van der Waals surface area contributed by atoms with Gasteiger partial charge in [-0.1, -0.05) is 84.9 Å². The number of aliphatic carboxylic acids is 4. The molecule has 2 aromatic rings. The van der Waals surface area contributed by atoms with E-state index < -0.39 is 260 Å². The molecule has 0 unspecified atom stereocenters. The minimum atomic E-state index is -2.80. The number of unbranched alkanes of at least 4 members (excludes halogenated alkanes) is 4. The lowest BCUT2D eigenvalue weighted by Gasteiger charge is -2.33. The molecule has 44 nitrogen and oxygen atoms in total. The van der Waals surface area contributed by atoms with Crippen LogP contribution < -0.4 is 81.0 Å². The largest absolute Gasteiger partial charge is 0.481 e. The van der Waals surface area contributed by atoms with Crippen molar-refractivity contribution >= 4 is 129 Å². The maximum absolute atomic E-state index is 15.0. The number of likely N-dealkylation sites (N-methyl/N-ethyl adjacent to an activating group) is 1. The SMILES string of the molecule is CC[C@H](C)[C@@H]1NC(=O)[C@H]([C@H](C)CC(=O)O)NC(=O)[C@@H](CC(N)=O)NC(=O)CNC(=O)[C@H]([C@@H](OC)C(=O)O)NC(=O)[C@@H](CCCCN)NC(=O)[C@H](CC(=O)O)NC(=O)[C@H](C)NC(=O)CN(C)C(=O)[C@@H](NC(=O)[C@@H](NC(=O)[C@@H](CCC(=O)O)NC(=O)[C@H](Cc2c[nH]c3ccccc23)NC(=O)CCCCCCC(C)C)[C@@H](O)C(N)=O)[C@@H](C)OC1=O. The summed E-state index contributed by atoms with van der Waals surface area (Å²) in [6, 6.07) is -15.8. The summed E-state index contributed by atoms with van der Waals surface area (Å²) < 4.78 is 10.8. The highest BCUT2D eigenvalue weighted by Crippen LogP contribution is 2.22. The second-order valence-corrected chi connectivity index (χ2v) is 28.9. The van der Waals surface area contributed by atoms with Crippen LogP contribution in [0.15, 0.2) is 30.5 Å². The zero-order valence-electron chi connectivity index (χ0n) is 66.5. The second-order valence-electron chi connectivity index (χ2n) is 28.9. The standard InChI is InChI=1S/C73H111N17O27/c1-10-35(4)55-73(115)117-38(7)56(87-70(111)57(59(101)61(76)102)88-64(105)43(24-25-51(95)96)83-65(106)44(28-39-31-77-41-21-16-15-20-40(39)41)80-48(92)23-14-12-11-13-19-34(2)3)71(112)90(8)33-50(94)79-37(6)62(103)84-46(30-53(99)100)66(107)82-42(22-17-18-26-74)63(104)89-58(60(116-9)72(113)114)68(109)78-32-49(93)81-45(29-47(75)91)67(108)85-54(69(110)86-55)36(5)27-52(97)98/h15-16,20-21,31,34-38,42-46,54-60,77,101H,10-14,17-19,22-30,32-33,74H2,1-9H3,(H2,75,91)(H2,76,102)(H,78,109)(H,79,94)(H,80,92)(H,81,93)(H,82,107)(H,83,106)(H,84,103)(H,85,108)(H,86,110)(H,87,111)(H,88,105)(H,89,104)(H,95,96)(H,97,98)(H,99,100)(H,113,114)/t35-,36+,37-,38+,42+,43+,44-,45+,46-,54-,55-,56-,57-,58-,59+,60+/m0/s1. The molecule has 1 aromatic carbocycles. The third kappa shape index (κ3) is 33.4. The molecule has 2 heterocycles. The van der Waals surface area contributed by atoms with Crippen molar-refractivity contribution in [3.8, 4) is 0 Å². The number of aromatic nitrogens is 1. The predicted octanol–water partition coefficient (Wildman–Crippen LogP) is -5.97. The fourth-order valence-electron chi connectivity index (χ4n) is 12.1. The van der Waals surface area contributed by atoms with Crippen LogP contribution in [0.2, 0.25) is 0 Å². The number of carboxylic acid groups (broad SMARTS) is 4. The molecule has 0 aliphatic carbocycles. The first-order valence-electron chi connectivity index (χ1n) is 37.9. The summed E-state index contributed by atoms with van der Waals surface area (Å²) in [5.41, 5.74) is 17.8. The molecule has 650 valence electrons. The van der Waals surface area contributed by atoms with E-state index in [1.165, 1.54) is 13.8 Å². The fraction of sp³-hybridized carbons (Fsp3) is 0.616. The lowest BCUT2D eigenvalue weighted by Crippen LogP contribution is -2.64. The molecule has 24 N–H and O–H groups in total. The van der Waals surface area contributed by atoms with E-state index in [1.54, 1.807) is 30.5 Å². The summed E-state index contributed by atoms with van der Waals surface area (Å²) in [6.07, 6.45) is -7.20. The Balaban J connectivity index is 2.30. The average Bonchev–Trinajstić information content (AvgIpc) is 1.23. The summed E-state index contributed by atoms with van der Waals surface area (Å²) in [5.74, 6) is -30.6. The Morgan fingerprint density at radius 1 is 0.624 bits per heavy atom. The number of aliphatic hydroxyl groups excluding tert-OH is 1. The summed E-state index contributed by atoms with van der Waals surface area (Å²) >= 11 is 0. The number of H-pyrrole nitrogens is 1. The monoisotopic (exact) mass is 1660 g/mol. The van der Waals surface area contributed by atoms with Crippen molar-refractivity contribution in [1.29, 1.82) is 0 Å². The van der Waals surface area contributed by atoms with Crippen LogP contribution in [-0.2, 0) is 112 Å². The maximum atomic E-state index is 15.0. The number of primary amides is 2. The van der Waals surface area contributed by atoms with Gasteiger partial charge in [0.25, 0.3) is 0 Å². The molecule has 16 atom stereocenters. The number of esters is 1. The number of ether oxygens (including phenoxy) is 2. The Hall–Kier alpha value is -12.0. The van der Waals surface area contributed by atoms with Crippen molar-refractivity contribution < 1.29 is 131 Å². The fourth-order valence-corrected chi connectivity index (χ4v) is 12.1. The normalized spacial score (nSPS) is 22.1. The van der Waals surface area contributed by atoms with Gasteiger partial charge in [0.2, 0.25) is 88.6 Å². The minimum Gasteiger partial charge on any atom is -0.481 e. The van der Waals surface area contributed by atoms with Gasteiger partial charge in [0.15, 0.2) is 12.2 Å². The number of carboxylic acids is 4. The van der Waals surface area contributed by atoms with E-state index in [-0.39, 0.29) is 45.1 Å². The zero-order valence-corrected chi connectivity index (χ0v) is 66.5. The first-order chi connectivity index (χ1) is 54.9. The highest BCUT2D eigenvalue weighted by atomic mass is 16.5. The first kappa shape index (κ1) is 99.2. The van der Waals surface area contributed by atoms with Crippen LogP contribution in [0.5, 0.6) is 0 Å². The van der Waals surface area contributed by atoms with E-state index in [0.29, 0.717) is 40.1 Å². The molecule has 1 aromatic heterocycles. The molecule has 1 saturated heterocycles. The van der Waals surface area contributed by atoms with Crippen LogP contribution in [0.1, 0.15) is 150 Å². The molecule has 1 fully saturated rings. The summed E-state index contributed by atoms with van der Waals surface area (Å²) in [7, 11) is 1.70. The number of carbonyl (C=O) groups is 20. The van der Waals surface area contributed by atoms with Crippen LogP contribution in [0.3, 0.4) is 0 Å². The van der Waals surface area contributed by atoms with E-state index in [4.69, 9.17) is 26.7 Å². The second kappa shape index (κ2) is 49.1. The summed E-state index contributed by atoms with van der Waals surface area (Å²) in [4.78, 5) is 278. The van der Waals surface area contributed by atoms with Crippen molar-refractivity contribution in [3.05, 3.63) is 36.0 Å². The highest BCUT2D eigenvalue weighted by molar-refractivity contribution is 6.03. The number of nitrogens with one attached hydrogen (secondary N) is 13. The number of rotatable bonds is 37. The van der Waals surface area contributed by atoms with E-state index in [9.17, 15) is 117 Å². The molecule has 0 bridgehead atoms. The number of hydrogen-bond acceptors (Lipinski definition) is 24. The predicted molar refractivity (Wildman–Crippen MR) is 408 cm³/mol. The van der Waals surface area contributed by atoms with Gasteiger partial charge in [-0.05, 0) is 81.9 Å². The van der Waals surface area contributed by atoms with E-state index >= 15 is 4.79 Å². The van der Waals surface area contributed by atoms with Gasteiger partial charge in [-0.15, -0.1) is 0 Å². The van der Waals surface area contributed by atoms with Crippen LogP contribution in [0.4, 0.5) is 0 Å². The van der Waals surface area contributed by atoms with E-state index in [1.807, 2.05) is 10.6 Å². The molecule has 44 heteroatoms. The average molecular weight is 1660 g/mol. The third-order valence-electron chi connectivity index (χ3n) is 18.9. The third-order valence-corrected chi connectivity index (χ3v) is 18.9. The van der Waals surface area contributed by atoms with Crippen molar-refractivity contribution in [2.24, 2.45) is 35.0 Å². The van der Waals surface area contributed by atoms with E-state index in [0.717, 1.165) is 54.2 Å². The van der Waals surface area contributed by atoms with Gasteiger partial charge >= 0.3 is 29.8 Å². The van der Waals surface area contributed by atoms with Gasteiger partial charge in [-0.2, -0.15) is 0 Å². The van der Waals surface area contributed by atoms with Crippen molar-refractivity contribution in [3.63, 3.8) is 0 Å². The van der Waals surface area contributed by atoms with Gasteiger partial charge in [0.1, 0.15) is 72.6 Å². The highest BCUT2D eigenvalue weighted by Gasteiger charge is 2.44. The van der Waals surface area contributed by atoms with Crippen LogP contribution in [-0.4, -0.2) is 272 Å². The van der Waals surface area contributed by atoms with Gasteiger partial charge in [-0.3, -0.25) is 86.3 Å².